The highest BCUT2D eigenvalue weighted by atomic mass is 35.5. The van der Waals surface area contributed by atoms with Crippen molar-refractivity contribution in [3.05, 3.63) is 28.0 Å². The average molecular weight is 223 g/mol. The van der Waals surface area contributed by atoms with Crippen LogP contribution in [0.2, 0.25) is 5.02 Å². The molecule has 0 spiro atoms. The van der Waals surface area contributed by atoms with Gasteiger partial charge in [-0.3, -0.25) is 4.98 Å². The van der Waals surface area contributed by atoms with Crippen molar-refractivity contribution < 1.29 is 13.9 Å². The Balaban J connectivity index is 3.28. The molecular weight excluding hydrogens is 214 g/mol. The summed E-state index contributed by atoms with van der Waals surface area (Å²) in [5.41, 5.74) is 4.99. The smallest absolute Gasteiger partial charge is 0.280 e. The molecule has 0 saturated heterocycles. The van der Waals surface area contributed by atoms with Crippen molar-refractivity contribution in [3.63, 3.8) is 0 Å². The molecule has 1 rings (SSSR count). The standard InChI is InChI=1S/C8H9ClF2N2O/c9-6-1-4(2-12)13-7(8(10)11)5(6)3-14/h1,8,14H,2-3,12H2. The predicted molar refractivity (Wildman–Crippen MR) is 48.0 cm³/mol. The van der Waals surface area contributed by atoms with Gasteiger partial charge >= 0.3 is 0 Å². The molecule has 0 aliphatic heterocycles. The topological polar surface area (TPSA) is 59.1 Å². The van der Waals surface area contributed by atoms with E-state index in [1.807, 2.05) is 0 Å². The fraction of sp³-hybridized carbons (Fsp3) is 0.375. The normalized spacial score (nSPS) is 11.0. The number of pyridine rings is 1. The minimum atomic E-state index is -2.76. The van der Waals surface area contributed by atoms with Gasteiger partial charge in [-0.05, 0) is 6.07 Å². The Bertz CT molecular complexity index is 333. The van der Waals surface area contributed by atoms with E-state index in [4.69, 9.17) is 22.4 Å². The van der Waals surface area contributed by atoms with Crippen LogP contribution in [0.1, 0.15) is 23.4 Å². The maximum atomic E-state index is 12.4. The summed E-state index contributed by atoms with van der Waals surface area (Å²) in [6.45, 7) is -0.526. The number of aromatic nitrogens is 1. The molecule has 78 valence electrons. The zero-order valence-electron chi connectivity index (χ0n) is 7.17. The van der Waals surface area contributed by atoms with Crippen molar-refractivity contribution in [2.45, 2.75) is 19.6 Å². The van der Waals surface area contributed by atoms with Gasteiger partial charge in [0.25, 0.3) is 6.43 Å². The first kappa shape index (κ1) is 11.3. The van der Waals surface area contributed by atoms with Gasteiger partial charge in [0.05, 0.1) is 12.3 Å². The van der Waals surface area contributed by atoms with Gasteiger partial charge in [0.2, 0.25) is 0 Å². The summed E-state index contributed by atoms with van der Waals surface area (Å²) < 4.78 is 24.9. The summed E-state index contributed by atoms with van der Waals surface area (Å²) in [5, 5.41) is 8.89. The monoisotopic (exact) mass is 222 g/mol. The predicted octanol–water partition coefficient (Wildman–Crippen LogP) is 1.62. The largest absolute Gasteiger partial charge is 0.392 e. The molecule has 3 nitrogen and oxygen atoms in total. The molecule has 0 bridgehead atoms. The van der Waals surface area contributed by atoms with E-state index in [1.54, 1.807) is 0 Å². The molecule has 0 saturated carbocycles. The summed E-state index contributed by atoms with van der Waals surface area (Å²) in [4.78, 5) is 3.60. The van der Waals surface area contributed by atoms with Crippen LogP contribution in [0.15, 0.2) is 6.07 Å². The Labute approximate surface area is 84.5 Å². The Morgan fingerprint density at radius 3 is 2.64 bits per heavy atom. The number of aliphatic hydroxyl groups excluding tert-OH is 1. The Kier molecular flexibility index (Phi) is 3.74. The Hall–Kier alpha value is -0.780. The third kappa shape index (κ3) is 2.17. The lowest BCUT2D eigenvalue weighted by Crippen LogP contribution is -2.06. The van der Waals surface area contributed by atoms with E-state index in [0.717, 1.165) is 0 Å². The van der Waals surface area contributed by atoms with Gasteiger partial charge in [0, 0.05) is 17.1 Å². The van der Waals surface area contributed by atoms with Crippen LogP contribution < -0.4 is 5.73 Å². The van der Waals surface area contributed by atoms with Crippen LogP contribution in [-0.4, -0.2) is 10.1 Å². The second kappa shape index (κ2) is 4.63. The summed E-state index contributed by atoms with van der Waals surface area (Å²) in [6, 6.07) is 1.37. The van der Waals surface area contributed by atoms with Crippen molar-refractivity contribution in [3.8, 4) is 0 Å². The van der Waals surface area contributed by atoms with Gasteiger partial charge < -0.3 is 10.8 Å². The summed E-state index contributed by atoms with van der Waals surface area (Å²) in [7, 11) is 0. The van der Waals surface area contributed by atoms with E-state index in [2.05, 4.69) is 4.98 Å². The van der Waals surface area contributed by atoms with Gasteiger partial charge in [-0.15, -0.1) is 0 Å². The fourth-order valence-corrected chi connectivity index (χ4v) is 1.33. The van der Waals surface area contributed by atoms with Crippen LogP contribution in [-0.2, 0) is 13.2 Å². The van der Waals surface area contributed by atoms with Gasteiger partial charge in [0.1, 0.15) is 5.69 Å². The zero-order chi connectivity index (χ0) is 10.7. The lowest BCUT2D eigenvalue weighted by atomic mass is 10.2. The number of alkyl halides is 2. The molecule has 0 amide bonds. The van der Waals surface area contributed by atoms with Crippen molar-refractivity contribution >= 4 is 11.6 Å². The highest BCUT2D eigenvalue weighted by Crippen LogP contribution is 2.27. The third-order valence-corrected chi connectivity index (χ3v) is 2.07. The van der Waals surface area contributed by atoms with E-state index < -0.39 is 18.7 Å². The molecule has 1 aromatic rings. The van der Waals surface area contributed by atoms with Gasteiger partial charge in [0.15, 0.2) is 0 Å². The van der Waals surface area contributed by atoms with E-state index in [1.165, 1.54) is 6.07 Å². The number of nitrogens with two attached hydrogens (primary N) is 1. The lowest BCUT2D eigenvalue weighted by molar-refractivity contribution is 0.141. The van der Waals surface area contributed by atoms with Crippen molar-refractivity contribution in [1.29, 1.82) is 0 Å². The van der Waals surface area contributed by atoms with Gasteiger partial charge in [-0.1, -0.05) is 11.6 Å². The number of halogens is 3. The first-order valence-corrected chi connectivity index (χ1v) is 4.25. The minimum absolute atomic E-state index is 0.0329. The fourth-order valence-electron chi connectivity index (χ4n) is 1.05. The highest BCUT2D eigenvalue weighted by molar-refractivity contribution is 6.31. The molecule has 3 N–H and O–H groups in total. The maximum Gasteiger partial charge on any atom is 0.280 e. The Morgan fingerprint density at radius 1 is 1.57 bits per heavy atom. The lowest BCUT2D eigenvalue weighted by Gasteiger charge is -2.09. The molecule has 14 heavy (non-hydrogen) atoms. The molecule has 0 aromatic carbocycles. The summed E-state index contributed by atoms with van der Waals surface area (Å²) in [6.07, 6.45) is -2.76. The van der Waals surface area contributed by atoms with Crippen LogP contribution in [0.4, 0.5) is 8.78 Å². The third-order valence-electron chi connectivity index (χ3n) is 1.73. The molecular formula is C8H9ClF2N2O. The van der Waals surface area contributed by atoms with E-state index >= 15 is 0 Å². The second-order valence-electron chi connectivity index (χ2n) is 2.62. The minimum Gasteiger partial charge on any atom is -0.392 e. The highest BCUT2D eigenvalue weighted by Gasteiger charge is 2.18. The number of rotatable bonds is 3. The van der Waals surface area contributed by atoms with Crippen LogP contribution >= 0.6 is 11.6 Å². The van der Waals surface area contributed by atoms with Crippen LogP contribution in [0.25, 0.3) is 0 Å². The van der Waals surface area contributed by atoms with Crippen molar-refractivity contribution in [2.75, 3.05) is 0 Å². The van der Waals surface area contributed by atoms with Crippen molar-refractivity contribution in [1.82, 2.24) is 4.98 Å². The number of aliphatic hydroxyl groups is 1. The summed E-state index contributed by atoms with van der Waals surface area (Å²) >= 11 is 5.67. The molecule has 1 aromatic heterocycles. The zero-order valence-corrected chi connectivity index (χ0v) is 7.93. The SMILES string of the molecule is NCc1cc(Cl)c(CO)c(C(F)F)n1. The molecule has 0 fully saturated rings. The molecule has 0 unspecified atom stereocenters. The van der Waals surface area contributed by atoms with Crippen molar-refractivity contribution in [2.24, 2.45) is 5.73 Å². The molecule has 0 radical (unpaired) electrons. The maximum absolute atomic E-state index is 12.4. The van der Waals surface area contributed by atoms with Crippen LogP contribution in [0.5, 0.6) is 0 Å². The first-order valence-electron chi connectivity index (χ1n) is 3.87. The average Bonchev–Trinajstić information content (AvgIpc) is 2.16. The van der Waals surface area contributed by atoms with E-state index in [9.17, 15) is 8.78 Å². The van der Waals surface area contributed by atoms with Crippen LogP contribution in [0, 0.1) is 0 Å². The quantitative estimate of drug-likeness (QED) is 0.817. The van der Waals surface area contributed by atoms with E-state index in [0.29, 0.717) is 0 Å². The van der Waals surface area contributed by atoms with Crippen LogP contribution in [0.3, 0.4) is 0 Å². The van der Waals surface area contributed by atoms with E-state index in [-0.39, 0.29) is 22.8 Å². The molecule has 6 heteroatoms. The Morgan fingerprint density at radius 2 is 2.21 bits per heavy atom. The first-order chi connectivity index (χ1) is 6.60. The molecule has 1 heterocycles. The molecule has 0 atom stereocenters. The number of hydrogen-bond donors (Lipinski definition) is 2. The summed E-state index contributed by atoms with van der Waals surface area (Å²) in [5.74, 6) is 0. The van der Waals surface area contributed by atoms with Gasteiger partial charge in [-0.25, -0.2) is 8.78 Å². The number of hydrogen-bond acceptors (Lipinski definition) is 3. The molecule has 0 aliphatic carbocycles. The second-order valence-corrected chi connectivity index (χ2v) is 3.03. The number of nitrogens with zero attached hydrogens (tertiary/aromatic N) is 1. The molecule has 0 aliphatic rings. The van der Waals surface area contributed by atoms with Gasteiger partial charge in [-0.2, -0.15) is 0 Å².